The summed E-state index contributed by atoms with van der Waals surface area (Å²) in [5.41, 5.74) is 15.0. The van der Waals surface area contributed by atoms with E-state index in [4.69, 9.17) is 11.5 Å². The van der Waals surface area contributed by atoms with E-state index in [0.717, 1.165) is 29.5 Å². The molecule has 1 aliphatic carbocycles. The predicted molar refractivity (Wildman–Crippen MR) is 157 cm³/mol. The van der Waals surface area contributed by atoms with E-state index in [2.05, 4.69) is 10.4 Å². The number of benzene rings is 3. The summed E-state index contributed by atoms with van der Waals surface area (Å²) in [5, 5.41) is 16.4. The van der Waals surface area contributed by atoms with Crippen molar-refractivity contribution in [1.29, 1.82) is 5.26 Å². The first-order valence-corrected chi connectivity index (χ1v) is 14.5. The summed E-state index contributed by atoms with van der Waals surface area (Å²) < 4.78 is 16.1. The monoisotopic (exact) mass is 612 g/mol. The van der Waals surface area contributed by atoms with Gasteiger partial charge in [-0.25, -0.2) is 0 Å². The molecule has 2 amide bonds. The van der Waals surface area contributed by atoms with Crippen molar-refractivity contribution < 1.29 is 14.0 Å². The van der Waals surface area contributed by atoms with E-state index in [1.165, 1.54) is 46.5 Å². The number of rotatable bonds is 10. The van der Waals surface area contributed by atoms with Gasteiger partial charge in [0.05, 0.1) is 0 Å². The summed E-state index contributed by atoms with van der Waals surface area (Å²) in [6.45, 7) is 0.298. The van der Waals surface area contributed by atoms with E-state index < -0.39 is 21.8 Å². The third-order valence-corrected chi connectivity index (χ3v) is 9.51. The van der Waals surface area contributed by atoms with Crippen LogP contribution in [0.4, 0.5) is 10.1 Å². The number of hydrogen-bond acceptors (Lipinski definition) is 5. The van der Waals surface area contributed by atoms with Gasteiger partial charge < -0.3 is 5.73 Å². The van der Waals surface area contributed by atoms with Crippen LogP contribution in [0.2, 0.25) is 0 Å². The molecule has 0 aliphatic heterocycles. The minimum atomic E-state index is -0.607. The Bertz CT molecular complexity index is 1660. The Balaban J connectivity index is 1.49. The zero-order valence-corrected chi connectivity index (χ0v) is 24.7. The molecule has 0 radical (unpaired) electrons. The number of carbonyl (C=O) groups excluding carboxylic acids is 2. The van der Waals surface area contributed by atoms with Gasteiger partial charge >= 0.3 is 241 Å². The number of nitrogens with one attached hydrogen (secondary N) is 1. The van der Waals surface area contributed by atoms with Crippen LogP contribution in [0.15, 0.2) is 72.8 Å². The molecule has 41 heavy (non-hydrogen) atoms. The van der Waals surface area contributed by atoms with Gasteiger partial charge in [0, 0.05) is 0 Å². The molecule has 1 aliphatic rings. The fraction of sp³-hybridized carbons (Fsp3) is 0.226. The number of nitriles is 1. The van der Waals surface area contributed by atoms with Crippen LogP contribution >= 0.6 is 0 Å². The molecule has 5 N–H and O–H groups in total. The third-order valence-electron chi connectivity index (χ3n) is 7.51. The second kappa shape index (κ2) is 11.7. The maximum absolute atomic E-state index is 15.1. The van der Waals surface area contributed by atoms with E-state index in [1.807, 2.05) is 24.3 Å². The van der Waals surface area contributed by atoms with Crippen LogP contribution in [-0.4, -0.2) is 38.4 Å². The molecule has 1 fully saturated rings. The molecule has 10 heteroatoms. The molecule has 2 unspecified atom stereocenters. The molecule has 3 aromatic carbocycles. The van der Waals surface area contributed by atoms with E-state index in [-0.39, 0.29) is 17.1 Å². The Morgan fingerprint density at radius 3 is 2.49 bits per heavy atom. The predicted octanol–water partition coefficient (Wildman–Crippen LogP) is 3.76. The molecular weight excluding hydrogens is 582 g/mol. The van der Waals surface area contributed by atoms with Gasteiger partial charge in [0.1, 0.15) is 0 Å². The molecule has 8 nitrogen and oxygen atoms in total. The first kappa shape index (κ1) is 28.3. The van der Waals surface area contributed by atoms with Crippen LogP contribution < -0.4 is 16.8 Å². The average molecular weight is 613 g/mol. The van der Waals surface area contributed by atoms with Gasteiger partial charge in [0.2, 0.25) is 0 Å². The minimum absolute atomic E-state index is 0.0247. The Hall–Kier alpha value is -4.25. The Labute approximate surface area is 246 Å². The standard InChI is InChI=1S/C31H30AsFN6O2/c32-31(13-12-19-4-5-19,22-8-6-21(7-9-22)29(36)40)23-10-11-26(33)27(15-23)37-30(41)28-16-24(18-35)38-39(28)25-3-1-2-20(14-25)17-34/h1-3,6-11,14-16,19H,4-5,12-13,17,32,34H2,(H2,36,40)(H,37,41). The number of hydrogen-bond donors (Lipinski definition) is 3. The van der Waals surface area contributed by atoms with Crippen LogP contribution in [0.3, 0.4) is 0 Å². The molecule has 0 bridgehead atoms. The Kier molecular flexibility index (Phi) is 8.07. The summed E-state index contributed by atoms with van der Waals surface area (Å²) in [5.74, 6) is -1.01. The summed E-state index contributed by atoms with van der Waals surface area (Å²) in [6, 6.07) is 22.5. The van der Waals surface area contributed by atoms with Gasteiger partial charge in [-0.1, -0.05) is 0 Å². The van der Waals surface area contributed by atoms with Crippen molar-refractivity contribution in [3.05, 3.63) is 112 Å². The molecule has 208 valence electrons. The Morgan fingerprint density at radius 1 is 1.10 bits per heavy atom. The second-order valence-electron chi connectivity index (χ2n) is 10.4. The molecular formula is C31H30AsFN6O2. The number of nitrogens with two attached hydrogens (primary N) is 2. The number of aromatic nitrogens is 2. The fourth-order valence-electron chi connectivity index (χ4n) is 4.92. The van der Waals surface area contributed by atoms with Crippen LogP contribution in [0.1, 0.15) is 68.9 Å². The quantitative estimate of drug-likeness (QED) is 0.234. The zero-order valence-electron chi connectivity index (χ0n) is 22.3. The Morgan fingerprint density at radius 2 is 1.83 bits per heavy atom. The van der Waals surface area contributed by atoms with E-state index in [0.29, 0.717) is 23.7 Å². The zero-order chi connectivity index (χ0) is 29.1. The molecule has 1 aromatic heterocycles. The van der Waals surface area contributed by atoms with Crippen LogP contribution in [0.25, 0.3) is 5.69 Å². The van der Waals surface area contributed by atoms with Crippen molar-refractivity contribution in [1.82, 2.24) is 9.78 Å². The van der Waals surface area contributed by atoms with Crippen LogP contribution in [0.5, 0.6) is 0 Å². The van der Waals surface area contributed by atoms with Crippen molar-refractivity contribution in [3.63, 3.8) is 0 Å². The first-order valence-electron chi connectivity index (χ1n) is 13.3. The van der Waals surface area contributed by atoms with Crippen molar-refractivity contribution in [2.45, 2.75) is 36.4 Å². The normalized spacial score (nSPS) is 14.2. The van der Waals surface area contributed by atoms with E-state index >= 15 is 4.39 Å². The SMILES string of the molecule is N#Cc1cc(C(=O)Nc2cc(C([AsH2])(CCC3CC3)c3ccc(C(N)=O)cc3)ccc2F)n(-c2cccc(CN)c2)n1. The van der Waals surface area contributed by atoms with E-state index in [9.17, 15) is 14.9 Å². The topological polar surface area (TPSA) is 140 Å². The van der Waals surface area contributed by atoms with Crippen molar-refractivity contribution >= 4 is 34.4 Å². The summed E-state index contributed by atoms with van der Waals surface area (Å²) in [6.07, 6.45) is 4.28. The fourth-order valence-corrected chi connectivity index (χ4v) is 6.05. The molecule has 0 spiro atoms. The average Bonchev–Trinajstić information content (AvgIpc) is 3.72. The molecule has 2 atom stereocenters. The van der Waals surface area contributed by atoms with Gasteiger partial charge in [-0.3, -0.25) is 0 Å². The van der Waals surface area contributed by atoms with Crippen LogP contribution in [0, 0.1) is 23.1 Å². The first-order chi connectivity index (χ1) is 19.7. The van der Waals surface area contributed by atoms with E-state index in [1.54, 1.807) is 42.5 Å². The van der Waals surface area contributed by atoms with Gasteiger partial charge in [0.25, 0.3) is 0 Å². The summed E-state index contributed by atoms with van der Waals surface area (Å²) in [7, 11) is 0. The van der Waals surface area contributed by atoms with Crippen LogP contribution in [-0.2, 0) is 10.7 Å². The summed E-state index contributed by atoms with van der Waals surface area (Å²) in [4.78, 5) is 25.1. The molecule has 5 rings (SSSR count). The number of anilines is 1. The summed E-state index contributed by atoms with van der Waals surface area (Å²) >= 11 is 1.47. The molecule has 0 saturated heterocycles. The molecule has 1 saturated carbocycles. The van der Waals surface area contributed by atoms with Crippen molar-refractivity contribution in [2.75, 3.05) is 5.32 Å². The third kappa shape index (κ3) is 6.09. The maximum atomic E-state index is 15.1. The van der Waals surface area contributed by atoms with Gasteiger partial charge in [0.15, 0.2) is 0 Å². The molecule has 4 aromatic rings. The number of primary amides is 1. The second-order valence-corrected chi connectivity index (χ2v) is 12.4. The van der Waals surface area contributed by atoms with Gasteiger partial charge in [-0.2, -0.15) is 0 Å². The van der Waals surface area contributed by atoms with Gasteiger partial charge in [-0.05, 0) is 0 Å². The van der Waals surface area contributed by atoms with Crippen molar-refractivity contribution in [3.8, 4) is 11.8 Å². The number of halogens is 1. The van der Waals surface area contributed by atoms with Crippen molar-refractivity contribution in [2.24, 2.45) is 17.4 Å². The number of amides is 2. The molecule has 1 heterocycles. The van der Waals surface area contributed by atoms with Gasteiger partial charge in [-0.15, -0.1) is 0 Å². The number of nitrogens with zero attached hydrogens (tertiary/aromatic N) is 3. The number of carbonyl (C=O) groups is 2.